The first-order valence-electron chi connectivity index (χ1n) is 6.50. The Labute approximate surface area is 109 Å². The van der Waals surface area contributed by atoms with Gasteiger partial charge < -0.3 is 15.5 Å². The van der Waals surface area contributed by atoms with Crippen LogP contribution in [0.2, 0.25) is 0 Å². The molecule has 0 radical (unpaired) electrons. The Morgan fingerprint density at radius 1 is 1.17 bits per heavy atom. The third kappa shape index (κ3) is 3.45. The highest BCUT2D eigenvalue weighted by atomic mass is 16.2. The molecule has 0 aromatic carbocycles. The summed E-state index contributed by atoms with van der Waals surface area (Å²) in [6.07, 6.45) is 4.83. The third-order valence-corrected chi connectivity index (χ3v) is 3.61. The molecule has 0 aromatic rings. The van der Waals surface area contributed by atoms with E-state index in [9.17, 15) is 9.59 Å². The molecule has 2 aliphatic rings. The average molecular weight is 255 g/mol. The van der Waals surface area contributed by atoms with Gasteiger partial charge in [0, 0.05) is 19.6 Å². The van der Waals surface area contributed by atoms with Crippen molar-refractivity contribution in [3.05, 3.63) is 0 Å². The molecule has 18 heavy (non-hydrogen) atoms. The molecule has 2 amide bonds. The van der Waals surface area contributed by atoms with Gasteiger partial charge in [0.1, 0.15) is 0 Å². The van der Waals surface area contributed by atoms with Gasteiger partial charge in [-0.25, -0.2) is 0 Å². The molecule has 1 atom stereocenters. The van der Waals surface area contributed by atoms with Gasteiger partial charge in [-0.15, -0.1) is 0 Å². The number of nitrogens with zero attached hydrogens (tertiary/aromatic N) is 2. The normalized spacial score (nSPS) is 24.7. The summed E-state index contributed by atoms with van der Waals surface area (Å²) in [4.78, 5) is 27.4. The minimum absolute atomic E-state index is 0. The smallest absolute Gasteiger partial charge is 0.242 e. The van der Waals surface area contributed by atoms with E-state index >= 15 is 0 Å². The summed E-state index contributed by atoms with van der Waals surface area (Å²) in [5.74, 6) is 0.0139. The highest BCUT2D eigenvalue weighted by molar-refractivity contribution is 5.87. The zero-order valence-corrected chi connectivity index (χ0v) is 10.2. The van der Waals surface area contributed by atoms with E-state index in [1.807, 2.05) is 4.90 Å². The molecule has 2 rings (SSSR count). The van der Waals surface area contributed by atoms with E-state index in [0.29, 0.717) is 6.54 Å². The summed E-state index contributed by atoms with van der Waals surface area (Å²) < 4.78 is 0. The molecule has 2 aliphatic heterocycles. The minimum atomic E-state index is -0.413. The number of carbonyl (C=O) groups is 2. The van der Waals surface area contributed by atoms with Gasteiger partial charge in [-0.05, 0) is 32.1 Å². The van der Waals surface area contributed by atoms with Gasteiger partial charge in [-0.2, -0.15) is 0 Å². The van der Waals surface area contributed by atoms with E-state index in [1.165, 1.54) is 0 Å². The van der Waals surface area contributed by atoms with Gasteiger partial charge in [-0.1, -0.05) is 7.43 Å². The number of rotatable bonds is 2. The van der Waals surface area contributed by atoms with Crippen LogP contribution in [0.25, 0.3) is 0 Å². The Morgan fingerprint density at radius 3 is 2.44 bits per heavy atom. The third-order valence-electron chi connectivity index (χ3n) is 3.61. The maximum atomic E-state index is 12.0. The van der Waals surface area contributed by atoms with Gasteiger partial charge >= 0.3 is 0 Å². The fraction of sp³-hybridized carbons (Fsp3) is 0.846. The van der Waals surface area contributed by atoms with Crippen LogP contribution in [0.15, 0.2) is 0 Å². The number of amides is 2. The van der Waals surface area contributed by atoms with Crippen molar-refractivity contribution in [3.8, 4) is 0 Å². The van der Waals surface area contributed by atoms with Crippen molar-refractivity contribution in [3.63, 3.8) is 0 Å². The molecule has 5 nitrogen and oxygen atoms in total. The molecular formula is C13H25N3O2. The van der Waals surface area contributed by atoms with Crippen LogP contribution in [0.3, 0.4) is 0 Å². The SMILES string of the molecule is C.N[C@H]1CCCCN(CC(=O)N2CCCC2)C1=O. The first-order valence-corrected chi connectivity index (χ1v) is 6.50. The number of hydrogen-bond donors (Lipinski definition) is 1. The Bertz CT molecular complexity index is 301. The summed E-state index contributed by atoms with van der Waals surface area (Å²) in [6.45, 7) is 2.57. The second-order valence-electron chi connectivity index (χ2n) is 4.95. The molecule has 104 valence electrons. The van der Waals surface area contributed by atoms with E-state index in [2.05, 4.69) is 0 Å². The second kappa shape index (κ2) is 6.73. The van der Waals surface area contributed by atoms with Crippen LogP contribution in [0.1, 0.15) is 39.5 Å². The first kappa shape index (κ1) is 15.0. The lowest BCUT2D eigenvalue weighted by atomic mass is 10.1. The molecule has 5 heteroatoms. The fourth-order valence-electron chi connectivity index (χ4n) is 2.52. The zero-order chi connectivity index (χ0) is 12.3. The molecule has 2 fully saturated rings. The van der Waals surface area contributed by atoms with Crippen molar-refractivity contribution in [1.29, 1.82) is 0 Å². The Hall–Kier alpha value is -1.10. The number of carbonyl (C=O) groups excluding carboxylic acids is 2. The lowest BCUT2D eigenvalue weighted by Gasteiger charge is -2.25. The van der Waals surface area contributed by atoms with Gasteiger partial charge in [0.2, 0.25) is 11.8 Å². The van der Waals surface area contributed by atoms with Gasteiger partial charge in [0.25, 0.3) is 0 Å². The van der Waals surface area contributed by atoms with Crippen molar-refractivity contribution >= 4 is 11.8 Å². The molecule has 0 aliphatic carbocycles. The Morgan fingerprint density at radius 2 is 1.78 bits per heavy atom. The fourth-order valence-corrected chi connectivity index (χ4v) is 2.52. The Balaban J connectivity index is 0.00000162. The Kier molecular flexibility index (Phi) is 5.59. The van der Waals surface area contributed by atoms with Gasteiger partial charge in [0.05, 0.1) is 12.6 Å². The van der Waals surface area contributed by atoms with Crippen LogP contribution < -0.4 is 5.73 Å². The maximum absolute atomic E-state index is 12.0. The minimum Gasteiger partial charge on any atom is -0.341 e. The van der Waals surface area contributed by atoms with E-state index in [1.54, 1.807) is 4.90 Å². The summed E-state index contributed by atoms with van der Waals surface area (Å²) in [5, 5.41) is 0. The molecule has 0 unspecified atom stereocenters. The van der Waals surface area contributed by atoms with Crippen molar-refractivity contribution in [2.24, 2.45) is 5.73 Å². The van der Waals surface area contributed by atoms with E-state index in [0.717, 1.165) is 45.2 Å². The highest BCUT2D eigenvalue weighted by Gasteiger charge is 2.27. The van der Waals surface area contributed by atoms with Crippen LogP contribution >= 0.6 is 0 Å². The molecule has 0 bridgehead atoms. The van der Waals surface area contributed by atoms with Crippen LogP contribution in [0, 0.1) is 0 Å². The molecular weight excluding hydrogens is 230 g/mol. The lowest BCUT2D eigenvalue weighted by Crippen LogP contribution is -2.47. The quantitative estimate of drug-likeness (QED) is 0.785. The van der Waals surface area contributed by atoms with Gasteiger partial charge in [-0.3, -0.25) is 9.59 Å². The van der Waals surface area contributed by atoms with Crippen LogP contribution in [0.4, 0.5) is 0 Å². The molecule has 0 aromatic heterocycles. The first-order chi connectivity index (χ1) is 8.18. The van der Waals surface area contributed by atoms with Crippen molar-refractivity contribution in [2.45, 2.75) is 45.6 Å². The largest absolute Gasteiger partial charge is 0.341 e. The van der Waals surface area contributed by atoms with E-state index < -0.39 is 6.04 Å². The molecule has 0 spiro atoms. The van der Waals surface area contributed by atoms with E-state index in [4.69, 9.17) is 5.73 Å². The molecule has 2 N–H and O–H groups in total. The zero-order valence-electron chi connectivity index (χ0n) is 10.2. The molecule has 0 saturated carbocycles. The van der Waals surface area contributed by atoms with Crippen LogP contribution in [-0.2, 0) is 9.59 Å². The predicted molar refractivity (Wildman–Crippen MR) is 71.0 cm³/mol. The summed E-state index contributed by atoms with van der Waals surface area (Å²) in [7, 11) is 0. The standard InChI is InChI=1S/C12H21N3O2.CH4/c13-10-5-1-2-8-15(12(10)17)9-11(16)14-6-3-4-7-14;/h10H,1-9,13H2;1H4/t10-;/m0./s1. The van der Waals surface area contributed by atoms with E-state index in [-0.39, 0.29) is 25.8 Å². The number of hydrogen-bond acceptors (Lipinski definition) is 3. The topological polar surface area (TPSA) is 66.6 Å². The second-order valence-corrected chi connectivity index (χ2v) is 4.95. The molecule has 2 saturated heterocycles. The summed E-state index contributed by atoms with van der Waals surface area (Å²) in [5.41, 5.74) is 5.78. The number of nitrogens with two attached hydrogens (primary N) is 1. The maximum Gasteiger partial charge on any atom is 0.242 e. The summed E-state index contributed by atoms with van der Waals surface area (Å²) >= 11 is 0. The highest BCUT2D eigenvalue weighted by Crippen LogP contribution is 2.12. The predicted octanol–water partition coefficient (Wildman–Crippen LogP) is 0.585. The summed E-state index contributed by atoms with van der Waals surface area (Å²) in [6, 6.07) is -0.413. The average Bonchev–Trinajstić information content (AvgIpc) is 2.80. The van der Waals surface area contributed by atoms with Crippen molar-refractivity contribution in [2.75, 3.05) is 26.2 Å². The van der Waals surface area contributed by atoms with Crippen LogP contribution in [0.5, 0.6) is 0 Å². The molecule has 2 heterocycles. The van der Waals surface area contributed by atoms with Gasteiger partial charge in [0.15, 0.2) is 0 Å². The van der Waals surface area contributed by atoms with Crippen molar-refractivity contribution < 1.29 is 9.59 Å². The van der Waals surface area contributed by atoms with Crippen molar-refractivity contribution in [1.82, 2.24) is 9.80 Å². The lowest BCUT2D eigenvalue weighted by molar-refractivity contribution is -0.140. The monoisotopic (exact) mass is 255 g/mol. The van der Waals surface area contributed by atoms with Crippen LogP contribution in [-0.4, -0.2) is 53.8 Å². The number of likely N-dealkylation sites (tertiary alicyclic amines) is 2.